The first-order chi connectivity index (χ1) is 11.8. The van der Waals surface area contributed by atoms with Crippen LogP contribution in [-0.2, 0) is 19.4 Å². The number of H-pyrrole nitrogens is 1. The molecule has 4 rings (SSSR count). The van der Waals surface area contributed by atoms with E-state index in [0.29, 0.717) is 17.9 Å². The molecule has 0 unspecified atom stereocenters. The van der Waals surface area contributed by atoms with E-state index in [1.165, 1.54) is 0 Å². The maximum Gasteiger partial charge on any atom is 0.254 e. The van der Waals surface area contributed by atoms with Gasteiger partial charge in [-0.2, -0.15) is 0 Å². The van der Waals surface area contributed by atoms with Crippen molar-refractivity contribution >= 4 is 0 Å². The van der Waals surface area contributed by atoms with Crippen molar-refractivity contribution in [3.05, 3.63) is 64.4 Å². The number of rotatable bonds is 3. The molecule has 0 spiro atoms. The van der Waals surface area contributed by atoms with Gasteiger partial charge in [-0.3, -0.25) is 14.7 Å². The van der Waals surface area contributed by atoms with Crippen LogP contribution in [-0.4, -0.2) is 37.9 Å². The molecule has 3 aromatic rings. The van der Waals surface area contributed by atoms with Crippen LogP contribution in [0.4, 0.5) is 0 Å². The smallest absolute Gasteiger partial charge is 0.254 e. The largest absolute Gasteiger partial charge is 0.472 e. The molecule has 0 aliphatic carbocycles. The molecule has 122 valence electrons. The van der Waals surface area contributed by atoms with Crippen molar-refractivity contribution in [3.63, 3.8) is 0 Å². The molecule has 1 aliphatic rings. The molecule has 0 radical (unpaired) electrons. The molecule has 0 fully saturated rings. The summed E-state index contributed by atoms with van der Waals surface area (Å²) < 4.78 is 5.13. The van der Waals surface area contributed by atoms with Crippen LogP contribution in [0.3, 0.4) is 0 Å². The number of aromatic nitrogens is 4. The van der Waals surface area contributed by atoms with E-state index in [4.69, 9.17) is 4.42 Å². The average Bonchev–Trinajstić information content (AvgIpc) is 3.03. The van der Waals surface area contributed by atoms with Gasteiger partial charge in [0.2, 0.25) is 0 Å². The first kappa shape index (κ1) is 14.8. The molecular formula is C17H17N5O2. The third-order valence-electron chi connectivity index (χ3n) is 4.24. The first-order valence-corrected chi connectivity index (χ1v) is 7.91. The van der Waals surface area contributed by atoms with Crippen molar-refractivity contribution in [3.8, 4) is 11.5 Å². The van der Waals surface area contributed by atoms with E-state index in [2.05, 4.69) is 24.8 Å². The molecule has 1 aliphatic heterocycles. The van der Waals surface area contributed by atoms with Crippen LogP contribution in [0.1, 0.15) is 16.8 Å². The second-order valence-corrected chi connectivity index (χ2v) is 5.84. The summed E-state index contributed by atoms with van der Waals surface area (Å²) in [5, 5.41) is 0. The molecule has 0 bridgehead atoms. The lowest BCUT2D eigenvalue weighted by Crippen LogP contribution is -2.26. The van der Waals surface area contributed by atoms with Crippen molar-refractivity contribution < 1.29 is 4.42 Å². The Labute approximate surface area is 138 Å². The van der Waals surface area contributed by atoms with Crippen molar-refractivity contribution in [2.24, 2.45) is 0 Å². The maximum absolute atomic E-state index is 12.5. The van der Waals surface area contributed by atoms with Gasteiger partial charge in [-0.25, -0.2) is 9.97 Å². The number of nitrogens with zero attached hydrogens (tertiary/aromatic N) is 4. The zero-order chi connectivity index (χ0) is 16.4. The van der Waals surface area contributed by atoms with Crippen LogP contribution in [0, 0.1) is 0 Å². The van der Waals surface area contributed by atoms with Crippen molar-refractivity contribution in [2.75, 3.05) is 13.1 Å². The molecule has 0 saturated heterocycles. The quantitative estimate of drug-likeness (QED) is 0.784. The third-order valence-corrected chi connectivity index (χ3v) is 4.24. The minimum atomic E-state index is -0.0779. The molecule has 0 aromatic carbocycles. The summed E-state index contributed by atoms with van der Waals surface area (Å²) in [6.45, 7) is 2.50. The highest BCUT2D eigenvalue weighted by Crippen LogP contribution is 2.16. The van der Waals surface area contributed by atoms with Gasteiger partial charge in [0.25, 0.3) is 5.56 Å². The number of hydrogen-bond donors (Lipinski definition) is 1. The van der Waals surface area contributed by atoms with Crippen LogP contribution in [0.25, 0.3) is 11.5 Å². The Morgan fingerprint density at radius 2 is 2.17 bits per heavy atom. The Bertz CT molecular complexity index is 874. The normalized spacial score (nSPS) is 15.0. The van der Waals surface area contributed by atoms with Crippen LogP contribution in [0.15, 0.2) is 46.4 Å². The van der Waals surface area contributed by atoms with Gasteiger partial charge >= 0.3 is 0 Å². The Balaban J connectivity index is 1.59. The van der Waals surface area contributed by atoms with E-state index in [-0.39, 0.29) is 5.56 Å². The Hall–Kier alpha value is -2.80. The van der Waals surface area contributed by atoms with Crippen LogP contribution in [0.5, 0.6) is 0 Å². The summed E-state index contributed by atoms with van der Waals surface area (Å²) in [7, 11) is 0. The lowest BCUT2D eigenvalue weighted by molar-refractivity contribution is 0.278. The zero-order valence-electron chi connectivity index (χ0n) is 13.1. The van der Waals surface area contributed by atoms with E-state index in [1.54, 1.807) is 31.1 Å². The predicted octanol–water partition coefficient (Wildman–Crippen LogP) is 1.42. The fourth-order valence-electron chi connectivity index (χ4n) is 3.00. The van der Waals surface area contributed by atoms with Crippen LogP contribution in [0.2, 0.25) is 0 Å². The van der Waals surface area contributed by atoms with Gasteiger partial charge in [-0.15, -0.1) is 0 Å². The first-order valence-electron chi connectivity index (χ1n) is 7.91. The second-order valence-electron chi connectivity index (χ2n) is 5.84. The lowest BCUT2D eigenvalue weighted by Gasteiger charge is -2.18. The molecule has 7 heteroatoms. The highest BCUT2D eigenvalue weighted by atomic mass is 16.3. The highest BCUT2D eigenvalue weighted by Gasteiger charge is 2.19. The minimum Gasteiger partial charge on any atom is -0.472 e. The van der Waals surface area contributed by atoms with Gasteiger partial charge in [0.1, 0.15) is 5.69 Å². The number of aromatic amines is 1. The Kier molecular flexibility index (Phi) is 3.92. The molecule has 4 heterocycles. The van der Waals surface area contributed by atoms with E-state index in [9.17, 15) is 4.79 Å². The summed E-state index contributed by atoms with van der Waals surface area (Å²) in [4.78, 5) is 30.5. The lowest BCUT2D eigenvalue weighted by atomic mass is 10.1. The Morgan fingerprint density at radius 1 is 1.25 bits per heavy atom. The van der Waals surface area contributed by atoms with Gasteiger partial charge in [0.15, 0.2) is 5.82 Å². The number of hydrogen-bond acceptors (Lipinski definition) is 6. The standard InChI is InChI=1S/C17H17N5O2/c23-17-13-1-6-22(10-12-3-8-24-11-12)7-2-14(13)20-16(21-17)15-9-18-4-5-19-15/h3-5,8-9,11H,1-2,6-7,10H2,(H,20,21,23). The summed E-state index contributed by atoms with van der Waals surface area (Å²) in [5.41, 5.74) is 3.28. The molecule has 24 heavy (non-hydrogen) atoms. The van der Waals surface area contributed by atoms with Crippen molar-refractivity contribution in [2.45, 2.75) is 19.4 Å². The van der Waals surface area contributed by atoms with Crippen molar-refractivity contribution in [1.82, 2.24) is 24.8 Å². The summed E-state index contributed by atoms with van der Waals surface area (Å²) in [5.74, 6) is 0.482. The average molecular weight is 323 g/mol. The van der Waals surface area contributed by atoms with E-state index >= 15 is 0 Å². The fraction of sp³-hybridized carbons (Fsp3) is 0.294. The fourth-order valence-corrected chi connectivity index (χ4v) is 3.00. The molecule has 3 aromatic heterocycles. The van der Waals surface area contributed by atoms with E-state index in [0.717, 1.165) is 42.9 Å². The second kappa shape index (κ2) is 6.37. The number of nitrogens with one attached hydrogen (secondary N) is 1. The molecule has 0 atom stereocenters. The van der Waals surface area contributed by atoms with Gasteiger partial charge < -0.3 is 9.40 Å². The van der Waals surface area contributed by atoms with Gasteiger partial charge in [0.05, 0.1) is 24.4 Å². The monoisotopic (exact) mass is 323 g/mol. The molecule has 0 amide bonds. The highest BCUT2D eigenvalue weighted by molar-refractivity contribution is 5.47. The van der Waals surface area contributed by atoms with Gasteiger partial charge in [0, 0.05) is 49.6 Å². The zero-order valence-corrected chi connectivity index (χ0v) is 13.1. The number of fused-ring (bicyclic) bond motifs is 1. The molecule has 1 N–H and O–H groups in total. The van der Waals surface area contributed by atoms with Gasteiger partial charge in [-0.1, -0.05) is 0 Å². The topological polar surface area (TPSA) is 87.9 Å². The Morgan fingerprint density at radius 3 is 2.96 bits per heavy atom. The molecule has 7 nitrogen and oxygen atoms in total. The van der Waals surface area contributed by atoms with Gasteiger partial charge in [-0.05, 0) is 12.5 Å². The molecular weight excluding hydrogens is 306 g/mol. The van der Waals surface area contributed by atoms with E-state index < -0.39 is 0 Å². The number of furan rings is 1. The predicted molar refractivity (Wildman–Crippen MR) is 87.3 cm³/mol. The SMILES string of the molecule is O=c1[nH]c(-c2cnccn2)nc2c1CCN(Cc1ccoc1)CC2. The minimum absolute atomic E-state index is 0.0779. The third kappa shape index (κ3) is 2.98. The summed E-state index contributed by atoms with van der Waals surface area (Å²) >= 11 is 0. The van der Waals surface area contributed by atoms with Crippen LogP contribution < -0.4 is 5.56 Å². The van der Waals surface area contributed by atoms with Crippen LogP contribution >= 0.6 is 0 Å². The van der Waals surface area contributed by atoms with E-state index in [1.807, 2.05) is 6.07 Å². The van der Waals surface area contributed by atoms with Crippen molar-refractivity contribution in [1.29, 1.82) is 0 Å². The maximum atomic E-state index is 12.5. The molecule has 0 saturated carbocycles. The summed E-state index contributed by atoms with van der Waals surface area (Å²) in [6.07, 6.45) is 9.66. The summed E-state index contributed by atoms with van der Waals surface area (Å²) in [6, 6.07) is 1.97.